The topological polar surface area (TPSA) is 35.6 Å². The van der Waals surface area contributed by atoms with Gasteiger partial charge in [0.15, 0.2) is 0 Å². The normalized spacial score (nSPS) is 30.3. The lowest BCUT2D eigenvalue weighted by Gasteiger charge is -2.19. The molecule has 2 fully saturated rings. The summed E-state index contributed by atoms with van der Waals surface area (Å²) >= 11 is 0. The van der Waals surface area contributed by atoms with E-state index in [4.69, 9.17) is 0 Å². The second kappa shape index (κ2) is 4.23. The molecular formula is C11H19N3O. The van der Waals surface area contributed by atoms with Gasteiger partial charge in [0.25, 0.3) is 0 Å². The van der Waals surface area contributed by atoms with Crippen molar-refractivity contribution < 1.29 is 4.79 Å². The lowest BCUT2D eigenvalue weighted by atomic mass is 10.0. The van der Waals surface area contributed by atoms with E-state index < -0.39 is 0 Å². The molecule has 0 bridgehead atoms. The molecule has 0 aliphatic carbocycles. The number of urea groups is 1. The van der Waals surface area contributed by atoms with Crippen LogP contribution in [0.4, 0.5) is 4.79 Å². The van der Waals surface area contributed by atoms with Crippen molar-refractivity contribution in [3.63, 3.8) is 0 Å². The third-order valence-electron chi connectivity index (χ3n) is 3.35. The van der Waals surface area contributed by atoms with Crippen molar-refractivity contribution in [1.82, 2.24) is 15.1 Å². The number of nitrogens with zero attached hydrogens (tertiary/aromatic N) is 2. The third kappa shape index (κ3) is 2.15. The first-order chi connectivity index (χ1) is 7.20. The number of nitrogens with one attached hydrogen (secondary N) is 1. The minimum Gasteiger partial charge on any atom is -0.335 e. The van der Waals surface area contributed by atoms with Crippen LogP contribution in [0.25, 0.3) is 0 Å². The number of hydrogen-bond donors (Lipinski definition) is 1. The Bertz CT molecular complexity index is 253. The van der Waals surface area contributed by atoms with E-state index in [-0.39, 0.29) is 6.03 Å². The molecule has 2 aliphatic rings. The molecule has 2 saturated heterocycles. The highest BCUT2D eigenvalue weighted by Crippen LogP contribution is 2.29. The van der Waals surface area contributed by atoms with Gasteiger partial charge in [0.05, 0.1) is 0 Å². The molecule has 0 aromatic rings. The predicted octanol–water partition coefficient (Wildman–Crippen LogP) is 0.375. The van der Waals surface area contributed by atoms with Gasteiger partial charge in [-0.15, -0.1) is 6.58 Å². The average Bonchev–Trinajstić information content (AvgIpc) is 2.70. The zero-order valence-corrected chi connectivity index (χ0v) is 9.28. The maximum absolute atomic E-state index is 11.7. The lowest BCUT2D eigenvalue weighted by molar-refractivity contribution is 0.203. The Hall–Kier alpha value is -1.03. The smallest absolute Gasteiger partial charge is 0.317 e. The van der Waals surface area contributed by atoms with E-state index in [0.717, 1.165) is 26.2 Å². The highest BCUT2D eigenvalue weighted by molar-refractivity contribution is 5.74. The fourth-order valence-electron chi connectivity index (χ4n) is 2.66. The molecule has 0 spiro atoms. The van der Waals surface area contributed by atoms with Crippen LogP contribution < -0.4 is 5.32 Å². The Balaban J connectivity index is 1.83. The van der Waals surface area contributed by atoms with Gasteiger partial charge in [-0.25, -0.2) is 4.79 Å². The van der Waals surface area contributed by atoms with Crippen LogP contribution in [0.3, 0.4) is 0 Å². The van der Waals surface area contributed by atoms with Gasteiger partial charge < -0.3 is 15.1 Å². The van der Waals surface area contributed by atoms with Crippen molar-refractivity contribution in [2.45, 2.75) is 0 Å². The number of rotatable bonds is 2. The largest absolute Gasteiger partial charge is 0.335 e. The van der Waals surface area contributed by atoms with Crippen LogP contribution in [0, 0.1) is 11.8 Å². The van der Waals surface area contributed by atoms with Crippen molar-refractivity contribution in [1.29, 1.82) is 0 Å². The molecule has 0 saturated carbocycles. The van der Waals surface area contributed by atoms with E-state index >= 15 is 0 Å². The highest BCUT2D eigenvalue weighted by atomic mass is 16.2. The lowest BCUT2D eigenvalue weighted by Crippen LogP contribution is -2.40. The fraction of sp³-hybridized carbons (Fsp3) is 0.727. The third-order valence-corrected chi connectivity index (χ3v) is 3.35. The summed E-state index contributed by atoms with van der Waals surface area (Å²) in [7, 11) is 2.15. The number of hydrogen-bond acceptors (Lipinski definition) is 2. The summed E-state index contributed by atoms with van der Waals surface area (Å²) in [5, 5.41) is 2.83. The van der Waals surface area contributed by atoms with E-state index in [9.17, 15) is 4.79 Å². The molecule has 2 rings (SSSR count). The zero-order chi connectivity index (χ0) is 10.8. The van der Waals surface area contributed by atoms with Crippen molar-refractivity contribution in [2.75, 3.05) is 39.8 Å². The minimum absolute atomic E-state index is 0.0620. The zero-order valence-electron chi connectivity index (χ0n) is 9.28. The molecule has 2 amide bonds. The van der Waals surface area contributed by atoms with E-state index in [1.54, 1.807) is 6.08 Å². The first-order valence-electron chi connectivity index (χ1n) is 5.53. The quantitative estimate of drug-likeness (QED) is 0.667. The summed E-state index contributed by atoms with van der Waals surface area (Å²) < 4.78 is 0. The van der Waals surface area contributed by atoms with E-state index in [1.165, 1.54) is 0 Å². The Kier molecular flexibility index (Phi) is 2.95. The molecular weight excluding hydrogens is 190 g/mol. The van der Waals surface area contributed by atoms with E-state index in [0.29, 0.717) is 18.4 Å². The molecule has 4 heteroatoms. The van der Waals surface area contributed by atoms with Crippen LogP contribution in [-0.2, 0) is 0 Å². The molecule has 15 heavy (non-hydrogen) atoms. The molecule has 2 aliphatic heterocycles. The Morgan fingerprint density at radius 2 is 2.00 bits per heavy atom. The van der Waals surface area contributed by atoms with Gasteiger partial charge in [-0.05, 0) is 18.9 Å². The van der Waals surface area contributed by atoms with Gasteiger partial charge in [0.1, 0.15) is 0 Å². The monoisotopic (exact) mass is 209 g/mol. The second-order valence-corrected chi connectivity index (χ2v) is 4.62. The SMILES string of the molecule is C=CCNC(=O)N1CC2CN(C)CC2C1. The van der Waals surface area contributed by atoms with Crippen LogP contribution in [0.2, 0.25) is 0 Å². The van der Waals surface area contributed by atoms with Crippen LogP contribution in [0.15, 0.2) is 12.7 Å². The van der Waals surface area contributed by atoms with Crippen molar-refractivity contribution in [3.05, 3.63) is 12.7 Å². The maximum Gasteiger partial charge on any atom is 0.317 e. The Morgan fingerprint density at radius 1 is 1.40 bits per heavy atom. The maximum atomic E-state index is 11.7. The molecule has 4 nitrogen and oxygen atoms in total. The van der Waals surface area contributed by atoms with Crippen molar-refractivity contribution in [3.8, 4) is 0 Å². The molecule has 0 aromatic carbocycles. The van der Waals surface area contributed by atoms with Gasteiger partial charge in [-0.2, -0.15) is 0 Å². The summed E-state index contributed by atoms with van der Waals surface area (Å²) in [5.74, 6) is 1.37. The van der Waals surface area contributed by atoms with Gasteiger partial charge in [0.2, 0.25) is 0 Å². The Labute approximate surface area is 90.9 Å². The first-order valence-corrected chi connectivity index (χ1v) is 5.53. The van der Waals surface area contributed by atoms with Crippen LogP contribution >= 0.6 is 0 Å². The van der Waals surface area contributed by atoms with Crippen molar-refractivity contribution >= 4 is 6.03 Å². The summed E-state index contributed by atoms with van der Waals surface area (Å²) in [6.07, 6.45) is 1.71. The minimum atomic E-state index is 0.0620. The standard InChI is InChI=1S/C11H19N3O/c1-3-4-12-11(15)14-7-9-5-13(2)6-10(9)8-14/h3,9-10H,1,4-8H2,2H3,(H,12,15). The van der Waals surface area contributed by atoms with E-state index in [2.05, 4.69) is 23.8 Å². The van der Waals surface area contributed by atoms with Gasteiger partial charge >= 0.3 is 6.03 Å². The van der Waals surface area contributed by atoms with Gasteiger partial charge in [-0.3, -0.25) is 0 Å². The van der Waals surface area contributed by atoms with Crippen LogP contribution in [-0.4, -0.2) is 55.6 Å². The first kappa shape index (κ1) is 10.5. The summed E-state index contributed by atoms with van der Waals surface area (Å²) in [6.45, 7) is 8.25. The molecule has 2 atom stereocenters. The molecule has 84 valence electrons. The van der Waals surface area contributed by atoms with Gasteiger partial charge in [-0.1, -0.05) is 6.08 Å². The second-order valence-electron chi connectivity index (χ2n) is 4.62. The molecule has 1 N–H and O–H groups in total. The summed E-state index contributed by atoms with van der Waals surface area (Å²) in [6, 6.07) is 0.0620. The molecule has 2 heterocycles. The molecule has 0 aromatic heterocycles. The average molecular weight is 209 g/mol. The molecule has 2 unspecified atom stereocenters. The fourth-order valence-corrected chi connectivity index (χ4v) is 2.66. The molecule has 0 radical (unpaired) electrons. The van der Waals surface area contributed by atoms with Crippen LogP contribution in [0.1, 0.15) is 0 Å². The number of amides is 2. The van der Waals surface area contributed by atoms with E-state index in [1.807, 2.05) is 4.90 Å². The van der Waals surface area contributed by atoms with Crippen LogP contribution in [0.5, 0.6) is 0 Å². The highest BCUT2D eigenvalue weighted by Gasteiger charge is 2.40. The summed E-state index contributed by atoms with van der Waals surface area (Å²) in [4.78, 5) is 16.0. The number of likely N-dealkylation sites (tertiary alicyclic amines) is 2. The van der Waals surface area contributed by atoms with Crippen molar-refractivity contribution in [2.24, 2.45) is 11.8 Å². The number of fused-ring (bicyclic) bond motifs is 1. The Morgan fingerprint density at radius 3 is 2.53 bits per heavy atom. The van der Waals surface area contributed by atoms with Gasteiger partial charge in [0, 0.05) is 32.7 Å². The number of carbonyl (C=O) groups excluding carboxylic acids is 1. The predicted molar refractivity (Wildman–Crippen MR) is 59.6 cm³/mol. The number of carbonyl (C=O) groups is 1. The summed E-state index contributed by atoms with van der Waals surface area (Å²) in [5.41, 5.74) is 0.